The second-order valence-corrected chi connectivity index (χ2v) is 6.46. The SMILES string of the molecule is CC(Nc1c(N)n(Cc2ccccc2)c(=O)n(C)c1=O)C1CCCO1. The molecule has 1 aliphatic rings. The zero-order valence-electron chi connectivity index (χ0n) is 14.6. The summed E-state index contributed by atoms with van der Waals surface area (Å²) in [5.74, 6) is 0.154. The molecular formula is C18H24N4O3. The number of aromatic nitrogens is 2. The Balaban J connectivity index is 1.97. The van der Waals surface area contributed by atoms with Crippen molar-refractivity contribution in [2.24, 2.45) is 7.05 Å². The first-order chi connectivity index (χ1) is 12.0. The lowest BCUT2D eigenvalue weighted by atomic mass is 10.1. The van der Waals surface area contributed by atoms with Crippen molar-refractivity contribution in [3.8, 4) is 0 Å². The summed E-state index contributed by atoms with van der Waals surface area (Å²) >= 11 is 0. The normalized spacial score (nSPS) is 18.2. The Labute approximate surface area is 146 Å². The van der Waals surface area contributed by atoms with Crippen LogP contribution in [0, 0.1) is 0 Å². The molecule has 134 valence electrons. The lowest BCUT2D eigenvalue weighted by Crippen LogP contribution is -2.43. The maximum absolute atomic E-state index is 12.5. The Kier molecular flexibility index (Phi) is 4.94. The molecule has 25 heavy (non-hydrogen) atoms. The fourth-order valence-corrected chi connectivity index (χ4v) is 3.16. The van der Waals surface area contributed by atoms with Crippen LogP contribution in [0.3, 0.4) is 0 Å². The minimum Gasteiger partial charge on any atom is -0.383 e. The molecule has 0 amide bonds. The molecule has 2 unspecified atom stereocenters. The van der Waals surface area contributed by atoms with E-state index in [1.807, 2.05) is 37.3 Å². The van der Waals surface area contributed by atoms with E-state index in [2.05, 4.69) is 5.32 Å². The first-order valence-electron chi connectivity index (χ1n) is 8.50. The van der Waals surface area contributed by atoms with Crippen molar-refractivity contribution in [1.29, 1.82) is 0 Å². The Morgan fingerprint density at radius 2 is 2.04 bits per heavy atom. The summed E-state index contributed by atoms with van der Waals surface area (Å²) in [6.07, 6.45) is 1.99. The highest BCUT2D eigenvalue weighted by atomic mass is 16.5. The molecule has 0 radical (unpaired) electrons. The van der Waals surface area contributed by atoms with Gasteiger partial charge in [0.2, 0.25) is 0 Å². The summed E-state index contributed by atoms with van der Waals surface area (Å²) in [5, 5.41) is 3.17. The van der Waals surface area contributed by atoms with Gasteiger partial charge in [-0.05, 0) is 25.3 Å². The van der Waals surface area contributed by atoms with Crippen LogP contribution in [0.4, 0.5) is 11.5 Å². The molecule has 0 aliphatic carbocycles. The maximum atomic E-state index is 12.5. The van der Waals surface area contributed by atoms with Gasteiger partial charge in [0.05, 0.1) is 12.6 Å². The zero-order valence-corrected chi connectivity index (χ0v) is 14.6. The van der Waals surface area contributed by atoms with Crippen LogP contribution in [0.2, 0.25) is 0 Å². The molecule has 1 aromatic carbocycles. The quantitative estimate of drug-likeness (QED) is 0.849. The Morgan fingerprint density at radius 3 is 2.68 bits per heavy atom. The maximum Gasteiger partial charge on any atom is 0.332 e. The molecule has 1 aromatic heterocycles. The van der Waals surface area contributed by atoms with Crippen LogP contribution in [0.25, 0.3) is 0 Å². The van der Waals surface area contributed by atoms with Gasteiger partial charge in [0.1, 0.15) is 11.5 Å². The predicted molar refractivity (Wildman–Crippen MR) is 98.0 cm³/mol. The van der Waals surface area contributed by atoms with E-state index in [1.54, 1.807) is 0 Å². The van der Waals surface area contributed by atoms with E-state index in [9.17, 15) is 9.59 Å². The van der Waals surface area contributed by atoms with Crippen molar-refractivity contribution >= 4 is 11.5 Å². The van der Waals surface area contributed by atoms with Crippen molar-refractivity contribution in [1.82, 2.24) is 9.13 Å². The third-order valence-corrected chi connectivity index (χ3v) is 4.66. The van der Waals surface area contributed by atoms with Gasteiger partial charge in [-0.3, -0.25) is 13.9 Å². The van der Waals surface area contributed by atoms with Crippen LogP contribution in [0.1, 0.15) is 25.3 Å². The molecule has 1 saturated heterocycles. The van der Waals surface area contributed by atoms with Gasteiger partial charge in [0, 0.05) is 19.7 Å². The highest BCUT2D eigenvalue weighted by Gasteiger charge is 2.25. The topological polar surface area (TPSA) is 91.3 Å². The monoisotopic (exact) mass is 344 g/mol. The summed E-state index contributed by atoms with van der Waals surface area (Å²) in [4.78, 5) is 25.0. The van der Waals surface area contributed by atoms with Crippen molar-refractivity contribution in [2.45, 2.75) is 38.5 Å². The molecule has 3 rings (SSSR count). The summed E-state index contributed by atoms with van der Waals surface area (Å²) in [6, 6.07) is 9.47. The Morgan fingerprint density at radius 1 is 1.32 bits per heavy atom. The lowest BCUT2D eigenvalue weighted by molar-refractivity contribution is 0.0996. The van der Waals surface area contributed by atoms with Crippen LogP contribution < -0.4 is 22.3 Å². The highest BCUT2D eigenvalue weighted by molar-refractivity contribution is 5.61. The summed E-state index contributed by atoms with van der Waals surface area (Å²) < 4.78 is 8.17. The summed E-state index contributed by atoms with van der Waals surface area (Å²) in [6.45, 7) is 3.00. The van der Waals surface area contributed by atoms with Gasteiger partial charge < -0.3 is 15.8 Å². The Hall–Kier alpha value is -2.54. The average Bonchev–Trinajstić information content (AvgIpc) is 3.16. The van der Waals surface area contributed by atoms with Gasteiger partial charge in [0.15, 0.2) is 0 Å². The molecule has 3 N–H and O–H groups in total. The summed E-state index contributed by atoms with van der Waals surface area (Å²) in [5.41, 5.74) is 6.54. The van der Waals surface area contributed by atoms with Crippen LogP contribution in [-0.4, -0.2) is 27.9 Å². The number of nitrogens with zero attached hydrogens (tertiary/aromatic N) is 2. The molecule has 7 heteroatoms. The van der Waals surface area contributed by atoms with Gasteiger partial charge >= 0.3 is 5.69 Å². The van der Waals surface area contributed by atoms with Gasteiger partial charge in [-0.25, -0.2) is 4.79 Å². The second-order valence-electron chi connectivity index (χ2n) is 6.46. The zero-order chi connectivity index (χ0) is 18.0. The van der Waals surface area contributed by atoms with E-state index >= 15 is 0 Å². The third-order valence-electron chi connectivity index (χ3n) is 4.66. The number of ether oxygens (including phenoxy) is 1. The van der Waals surface area contributed by atoms with Crippen LogP contribution in [-0.2, 0) is 18.3 Å². The van der Waals surface area contributed by atoms with Gasteiger partial charge in [-0.2, -0.15) is 0 Å². The van der Waals surface area contributed by atoms with E-state index in [0.717, 1.165) is 29.6 Å². The molecule has 7 nitrogen and oxygen atoms in total. The molecule has 2 aromatic rings. The molecule has 2 heterocycles. The number of nitrogens with one attached hydrogen (secondary N) is 1. The second kappa shape index (κ2) is 7.14. The van der Waals surface area contributed by atoms with E-state index < -0.39 is 11.2 Å². The Bertz CT molecular complexity index is 851. The number of benzene rings is 1. The van der Waals surface area contributed by atoms with Crippen LogP contribution in [0.5, 0.6) is 0 Å². The molecule has 0 spiro atoms. The van der Waals surface area contributed by atoms with E-state index in [-0.39, 0.29) is 23.7 Å². The van der Waals surface area contributed by atoms with Gasteiger partial charge in [-0.15, -0.1) is 0 Å². The van der Waals surface area contributed by atoms with Crippen LogP contribution >= 0.6 is 0 Å². The molecule has 1 fully saturated rings. The molecule has 1 aliphatic heterocycles. The van der Waals surface area contributed by atoms with E-state index in [1.165, 1.54) is 11.6 Å². The molecule has 0 saturated carbocycles. The largest absolute Gasteiger partial charge is 0.383 e. The number of nitrogen functional groups attached to an aromatic ring is 1. The number of rotatable bonds is 5. The third kappa shape index (κ3) is 3.46. The predicted octanol–water partition coefficient (Wildman–Crippen LogP) is 1.16. The fraction of sp³-hybridized carbons (Fsp3) is 0.444. The highest BCUT2D eigenvalue weighted by Crippen LogP contribution is 2.20. The van der Waals surface area contributed by atoms with Crippen molar-refractivity contribution < 1.29 is 4.74 Å². The van der Waals surface area contributed by atoms with Crippen molar-refractivity contribution in [2.75, 3.05) is 17.7 Å². The number of nitrogens with two attached hydrogens (primary N) is 1. The van der Waals surface area contributed by atoms with Gasteiger partial charge in [0.25, 0.3) is 5.56 Å². The van der Waals surface area contributed by atoms with Crippen molar-refractivity contribution in [3.63, 3.8) is 0 Å². The molecule has 2 atom stereocenters. The fourth-order valence-electron chi connectivity index (χ4n) is 3.16. The van der Waals surface area contributed by atoms with Gasteiger partial charge in [-0.1, -0.05) is 30.3 Å². The minimum absolute atomic E-state index is 0.0404. The molecule has 0 bridgehead atoms. The standard InChI is InChI=1S/C18H24N4O3/c1-12(14-9-6-10-25-14)20-15-16(19)22(18(24)21(2)17(15)23)11-13-7-4-3-5-8-13/h3-5,7-8,12,14,20H,6,9-11,19H2,1-2H3. The van der Waals surface area contributed by atoms with E-state index in [0.29, 0.717) is 6.54 Å². The number of hydrogen-bond acceptors (Lipinski definition) is 5. The number of anilines is 2. The van der Waals surface area contributed by atoms with Crippen LogP contribution in [0.15, 0.2) is 39.9 Å². The van der Waals surface area contributed by atoms with Crippen molar-refractivity contribution in [3.05, 3.63) is 56.7 Å². The summed E-state index contributed by atoms with van der Waals surface area (Å²) in [7, 11) is 1.47. The smallest absolute Gasteiger partial charge is 0.332 e. The number of hydrogen-bond donors (Lipinski definition) is 2. The minimum atomic E-state index is -0.429. The first kappa shape index (κ1) is 17.3. The lowest BCUT2D eigenvalue weighted by Gasteiger charge is -2.23. The molecular weight excluding hydrogens is 320 g/mol. The van der Waals surface area contributed by atoms with E-state index in [4.69, 9.17) is 10.5 Å². The average molecular weight is 344 g/mol. The first-order valence-corrected chi connectivity index (χ1v) is 8.50.